The molecule has 2 aromatic rings. The van der Waals surface area contributed by atoms with Crippen LogP contribution in [0.25, 0.3) is 0 Å². The number of halogens is 1. The van der Waals surface area contributed by atoms with E-state index in [-0.39, 0.29) is 6.04 Å². The van der Waals surface area contributed by atoms with Crippen LogP contribution >= 0.6 is 11.6 Å². The van der Waals surface area contributed by atoms with Crippen LogP contribution in [0.5, 0.6) is 0 Å². The van der Waals surface area contributed by atoms with E-state index in [1.54, 1.807) is 6.20 Å². The molecule has 0 aromatic carbocycles. The van der Waals surface area contributed by atoms with Crippen molar-refractivity contribution < 1.29 is 0 Å². The standard InChI is InChI=1S/C13H17ClN4/c1-15-12(13-11(14)9-17-18(13)2)4-3-10-5-7-16-8-6-10/h5-9,12,15H,3-4H2,1-2H3. The smallest absolute Gasteiger partial charge is 0.0833 e. The van der Waals surface area contributed by atoms with Crippen LogP contribution in [0.1, 0.15) is 23.7 Å². The minimum Gasteiger partial charge on any atom is -0.312 e. The predicted molar refractivity (Wildman–Crippen MR) is 72.6 cm³/mol. The molecule has 0 amide bonds. The zero-order valence-corrected chi connectivity index (χ0v) is 11.4. The fourth-order valence-electron chi connectivity index (χ4n) is 2.09. The molecule has 18 heavy (non-hydrogen) atoms. The topological polar surface area (TPSA) is 42.7 Å². The lowest BCUT2D eigenvalue weighted by Crippen LogP contribution is -2.20. The van der Waals surface area contributed by atoms with E-state index in [1.165, 1.54) is 5.56 Å². The lowest BCUT2D eigenvalue weighted by atomic mass is 10.0. The van der Waals surface area contributed by atoms with Gasteiger partial charge in [-0.1, -0.05) is 11.6 Å². The highest BCUT2D eigenvalue weighted by molar-refractivity contribution is 6.31. The molecule has 0 saturated carbocycles. The molecule has 1 N–H and O–H groups in total. The predicted octanol–water partition coefficient (Wildman–Crippen LogP) is 2.36. The number of rotatable bonds is 5. The Labute approximate surface area is 112 Å². The first-order valence-electron chi connectivity index (χ1n) is 5.96. The maximum atomic E-state index is 6.17. The number of pyridine rings is 1. The Hall–Kier alpha value is -1.39. The Morgan fingerprint density at radius 2 is 2.11 bits per heavy atom. The van der Waals surface area contributed by atoms with Crippen LogP contribution in [0.3, 0.4) is 0 Å². The van der Waals surface area contributed by atoms with Crippen molar-refractivity contribution in [3.05, 3.63) is 47.0 Å². The summed E-state index contributed by atoms with van der Waals surface area (Å²) in [7, 11) is 3.86. The first-order valence-corrected chi connectivity index (χ1v) is 6.33. The highest BCUT2D eigenvalue weighted by Crippen LogP contribution is 2.25. The van der Waals surface area contributed by atoms with Crippen molar-refractivity contribution in [2.45, 2.75) is 18.9 Å². The Bertz CT molecular complexity index is 475. The Morgan fingerprint density at radius 3 is 2.67 bits per heavy atom. The summed E-state index contributed by atoms with van der Waals surface area (Å²) in [6, 6.07) is 4.29. The molecule has 2 aromatic heterocycles. The SMILES string of the molecule is CNC(CCc1ccncc1)c1c(Cl)cnn1C. The van der Waals surface area contributed by atoms with Crippen molar-refractivity contribution in [1.29, 1.82) is 0 Å². The summed E-state index contributed by atoms with van der Waals surface area (Å²) in [6.45, 7) is 0. The van der Waals surface area contributed by atoms with Crippen LogP contribution in [0.2, 0.25) is 5.02 Å². The molecule has 0 spiro atoms. The molecule has 0 radical (unpaired) electrons. The van der Waals surface area contributed by atoms with E-state index in [4.69, 9.17) is 11.6 Å². The molecule has 0 aliphatic heterocycles. The average molecular weight is 265 g/mol. The van der Waals surface area contributed by atoms with Gasteiger partial charge in [0.25, 0.3) is 0 Å². The molecule has 2 rings (SSSR count). The number of aromatic nitrogens is 3. The molecule has 5 heteroatoms. The van der Waals surface area contributed by atoms with Gasteiger partial charge in [-0.2, -0.15) is 5.10 Å². The normalized spacial score (nSPS) is 12.6. The molecule has 2 heterocycles. The van der Waals surface area contributed by atoms with E-state index in [0.29, 0.717) is 5.02 Å². The quantitative estimate of drug-likeness (QED) is 0.902. The van der Waals surface area contributed by atoms with Crippen molar-refractivity contribution in [2.24, 2.45) is 7.05 Å². The van der Waals surface area contributed by atoms with E-state index in [1.807, 2.05) is 43.3 Å². The molecule has 4 nitrogen and oxygen atoms in total. The molecule has 0 bridgehead atoms. The highest BCUT2D eigenvalue weighted by atomic mass is 35.5. The van der Waals surface area contributed by atoms with Crippen LogP contribution in [0, 0.1) is 0 Å². The van der Waals surface area contributed by atoms with Gasteiger partial charge in [0.05, 0.1) is 23.0 Å². The van der Waals surface area contributed by atoms with Crippen LogP contribution in [0.15, 0.2) is 30.7 Å². The summed E-state index contributed by atoms with van der Waals surface area (Å²) in [5.74, 6) is 0. The minimum absolute atomic E-state index is 0.207. The first kappa shape index (κ1) is 13.1. The second kappa shape index (κ2) is 5.98. The van der Waals surface area contributed by atoms with Gasteiger partial charge < -0.3 is 5.32 Å². The van der Waals surface area contributed by atoms with E-state index in [9.17, 15) is 0 Å². The van der Waals surface area contributed by atoms with Gasteiger partial charge >= 0.3 is 0 Å². The zero-order chi connectivity index (χ0) is 13.0. The summed E-state index contributed by atoms with van der Waals surface area (Å²) in [5, 5.41) is 8.18. The monoisotopic (exact) mass is 264 g/mol. The third-order valence-corrected chi connectivity index (χ3v) is 3.38. The van der Waals surface area contributed by atoms with Crippen LogP contribution in [0.4, 0.5) is 0 Å². The van der Waals surface area contributed by atoms with Gasteiger partial charge in [0.2, 0.25) is 0 Å². The fraction of sp³-hybridized carbons (Fsp3) is 0.385. The number of hydrogen-bond donors (Lipinski definition) is 1. The maximum absolute atomic E-state index is 6.17. The third-order valence-electron chi connectivity index (χ3n) is 3.09. The lowest BCUT2D eigenvalue weighted by Gasteiger charge is -2.17. The van der Waals surface area contributed by atoms with Gasteiger partial charge in [-0.15, -0.1) is 0 Å². The molecule has 1 atom stereocenters. The van der Waals surface area contributed by atoms with Gasteiger partial charge in [-0.3, -0.25) is 9.67 Å². The van der Waals surface area contributed by atoms with Crippen molar-refractivity contribution in [3.63, 3.8) is 0 Å². The molecule has 0 fully saturated rings. The summed E-state index contributed by atoms with van der Waals surface area (Å²) in [6.07, 6.45) is 7.28. The van der Waals surface area contributed by atoms with Crippen molar-refractivity contribution in [2.75, 3.05) is 7.05 Å². The van der Waals surface area contributed by atoms with Crippen molar-refractivity contribution >= 4 is 11.6 Å². The largest absolute Gasteiger partial charge is 0.312 e. The van der Waals surface area contributed by atoms with Gasteiger partial charge in [-0.25, -0.2) is 0 Å². The summed E-state index contributed by atoms with van der Waals surface area (Å²) in [5.41, 5.74) is 2.32. The summed E-state index contributed by atoms with van der Waals surface area (Å²) in [4.78, 5) is 4.02. The van der Waals surface area contributed by atoms with Gasteiger partial charge in [0.15, 0.2) is 0 Å². The van der Waals surface area contributed by atoms with E-state index >= 15 is 0 Å². The molecule has 0 saturated heterocycles. The number of nitrogens with one attached hydrogen (secondary N) is 1. The van der Waals surface area contributed by atoms with E-state index in [0.717, 1.165) is 18.5 Å². The molecule has 1 unspecified atom stereocenters. The summed E-state index contributed by atoms with van der Waals surface area (Å²) < 4.78 is 1.83. The van der Waals surface area contributed by atoms with Crippen molar-refractivity contribution in [3.8, 4) is 0 Å². The highest BCUT2D eigenvalue weighted by Gasteiger charge is 2.17. The summed E-state index contributed by atoms with van der Waals surface area (Å²) >= 11 is 6.17. The fourth-order valence-corrected chi connectivity index (χ4v) is 2.39. The number of aryl methyl sites for hydroxylation is 2. The second-order valence-electron chi connectivity index (χ2n) is 4.24. The Morgan fingerprint density at radius 1 is 1.39 bits per heavy atom. The first-order chi connectivity index (χ1) is 8.72. The maximum Gasteiger partial charge on any atom is 0.0833 e. The van der Waals surface area contributed by atoms with Gasteiger partial charge in [-0.05, 0) is 37.6 Å². The molecule has 0 aliphatic carbocycles. The van der Waals surface area contributed by atoms with E-state index < -0.39 is 0 Å². The van der Waals surface area contributed by atoms with Crippen LogP contribution < -0.4 is 5.32 Å². The third kappa shape index (κ3) is 2.89. The van der Waals surface area contributed by atoms with E-state index in [2.05, 4.69) is 15.4 Å². The minimum atomic E-state index is 0.207. The molecular weight excluding hydrogens is 248 g/mol. The molecule has 0 aliphatic rings. The Balaban J connectivity index is 2.07. The lowest BCUT2D eigenvalue weighted by molar-refractivity contribution is 0.506. The van der Waals surface area contributed by atoms with Crippen LogP contribution in [-0.2, 0) is 13.5 Å². The van der Waals surface area contributed by atoms with Crippen molar-refractivity contribution in [1.82, 2.24) is 20.1 Å². The van der Waals surface area contributed by atoms with Gasteiger partial charge in [0, 0.05) is 19.4 Å². The number of nitrogens with zero attached hydrogens (tertiary/aromatic N) is 3. The van der Waals surface area contributed by atoms with Crippen LogP contribution in [-0.4, -0.2) is 21.8 Å². The Kier molecular flexibility index (Phi) is 4.33. The second-order valence-corrected chi connectivity index (χ2v) is 4.64. The molecular formula is C13H17ClN4. The number of hydrogen-bond acceptors (Lipinski definition) is 3. The average Bonchev–Trinajstić information content (AvgIpc) is 2.73. The zero-order valence-electron chi connectivity index (χ0n) is 10.6. The molecule has 96 valence electrons. The van der Waals surface area contributed by atoms with Gasteiger partial charge in [0.1, 0.15) is 0 Å².